The Labute approximate surface area is 166 Å². The topological polar surface area (TPSA) is 60.5 Å². The standard InChI is InChI=1S/C20H19ClN2O3S/c1-13(14-3-6-16(21)7-4-14)23-20(24)15-5-8-18(19(9-15)25-2)26-10-17-11-27-12-22-17/h3-9,11-13H,10H2,1-2H3,(H,23,24). The van der Waals surface area contributed by atoms with Crippen molar-refractivity contribution in [2.45, 2.75) is 19.6 Å². The minimum absolute atomic E-state index is 0.152. The number of nitrogens with zero attached hydrogens (tertiary/aromatic N) is 1. The first-order chi connectivity index (χ1) is 13.1. The Hall–Kier alpha value is -2.57. The quantitative estimate of drug-likeness (QED) is 0.612. The highest BCUT2D eigenvalue weighted by molar-refractivity contribution is 7.07. The molecular weight excluding hydrogens is 384 g/mol. The summed E-state index contributed by atoms with van der Waals surface area (Å²) in [5.41, 5.74) is 4.07. The number of carbonyl (C=O) groups is 1. The first-order valence-corrected chi connectivity index (χ1v) is 9.63. The molecule has 140 valence electrons. The molecule has 1 amide bonds. The number of amides is 1. The van der Waals surface area contributed by atoms with Crippen LogP contribution < -0.4 is 14.8 Å². The maximum absolute atomic E-state index is 12.6. The van der Waals surface area contributed by atoms with E-state index in [4.69, 9.17) is 21.1 Å². The molecule has 5 nitrogen and oxygen atoms in total. The fourth-order valence-corrected chi connectivity index (χ4v) is 3.17. The van der Waals surface area contributed by atoms with Crippen LogP contribution in [-0.4, -0.2) is 18.0 Å². The van der Waals surface area contributed by atoms with Gasteiger partial charge < -0.3 is 14.8 Å². The van der Waals surface area contributed by atoms with Crippen molar-refractivity contribution in [3.05, 3.63) is 75.2 Å². The Balaban J connectivity index is 1.68. The lowest BCUT2D eigenvalue weighted by Crippen LogP contribution is -2.26. The van der Waals surface area contributed by atoms with E-state index in [1.165, 1.54) is 11.3 Å². The number of rotatable bonds is 7. The van der Waals surface area contributed by atoms with E-state index in [0.717, 1.165) is 11.3 Å². The third-order valence-corrected chi connectivity index (χ3v) is 4.89. The van der Waals surface area contributed by atoms with Crippen molar-refractivity contribution in [1.29, 1.82) is 0 Å². The van der Waals surface area contributed by atoms with E-state index in [1.807, 2.05) is 24.4 Å². The number of benzene rings is 2. The summed E-state index contributed by atoms with van der Waals surface area (Å²) >= 11 is 7.42. The van der Waals surface area contributed by atoms with E-state index in [9.17, 15) is 4.79 Å². The maximum Gasteiger partial charge on any atom is 0.251 e. The van der Waals surface area contributed by atoms with Gasteiger partial charge in [-0.05, 0) is 42.8 Å². The Morgan fingerprint density at radius 3 is 2.67 bits per heavy atom. The summed E-state index contributed by atoms with van der Waals surface area (Å²) in [4.78, 5) is 16.8. The molecule has 0 aliphatic heterocycles. The van der Waals surface area contributed by atoms with E-state index in [1.54, 1.807) is 43.0 Å². The SMILES string of the molecule is COc1cc(C(=O)NC(C)c2ccc(Cl)cc2)ccc1OCc1cscn1. The Morgan fingerprint density at radius 1 is 1.22 bits per heavy atom. The van der Waals surface area contributed by atoms with Gasteiger partial charge in [0, 0.05) is 16.0 Å². The van der Waals surface area contributed by atoms with Crippen LogP contribution in [0.25, 0.3) is 0 Å². The van der Waals surface area contributed by atoms with Crippen LogP contribution in [0.15, 0.2) is 53.4 Å². The normalized spacial score (nSPS) is 11.7. The smallest absolute Gasteiger partial charge is 0.251 e. The molecule has 1 aromatic heterocycles. The first kappa shape index (κ1) is 19.2. The Kier molecular flexibility index (Phi) is 6.32. The Bertz CT molecular complexity index is 898. The number of thiazole rings is 1. The highest BCUT2D eigenvalue weighted by atomic mass is 35.5. The minimum Gasteiger partial charge on any atom is -0.493 e. The van der Waals surface area contributed by atoms with E-state index < -0.39 is 0 Å². The van der Waals surface area contributed by atoms with Gasteiger partial charge in [0.15, 0.2) is 11.5 Å². The van der Waals surface area contributed by atoms with Crippen LogP contribution in [-0.2, 0) is 6.61 Å². The number of nitrogens with one attached hydrogen (secondary N) is 1. The largest absolute Gasteiger partial charge is 0.493 e. The van der Waals surface area contributed by atoms with E-state index in [-0.39, 0.29) is 11.9 Å². The summed E-state index contributed by atoms with van der Waals surface area (Å²) in [6.07, 6.45) is 0. The van der Waals surface area contributed by atoms with E-state index in [2.05, 4.69) is 10.3 Å². The van der Waals surface area contributed by atoms with Crippen LogP contribution in [0.5, 0.6) is 11.5 Å². The molecule has 0 aliphatic carbocycles. The number of hydrogen-bond acceptors (Lipinski definition) is 5. The van der Waals surface area contributed by atoms with Gasteiger partial charge >= 0.3 is 0 Å². The second kappa shape index (κ2) is 8.88. The number of ether oxygens (including phenoxy) is 2. The molecule has 1 N–H and O–H groups in total. The molecule has 1 heterocycles. The monoisotopic (exact) mass is 402 g/mol. The van der Waals surface area contributed by atoms with Crippen molar-refractivity contribution in [2.24, 2.45) is 0 Å². The first-order valence-electron chi connectivity index (χ1n) is 8.31. The highest BCUT2D eigenvalue weighted by Crippen LogP contribution is 2.29. The third kappa shape index (κ3) is 4.99. The van der Waals surface area contributed by atoms with Gasteiger partial charge in [0.1, 0.15) is 6.61 Å². The van der Waals surface area contributed by atoms with Crippen molar-refractivity contribution in [2.75, 3.05) is 7.11 Å². The van der Waals surface area contributed by atoms with Gasteiger partial charge in [-0.15, -0.1) is 11.3 Å². The van der Waals surface area contributed by atoms with Gasteiger partial charge in [0.2, 0.25) is 0 Å². The predicted molar refractivity (Wildman–Crippen MR) is 107 cm³/mol. The molecule has 2 aromatic carbocycles. The van der Waals surface area contributed by atoms with Crippen LogP contribution in [0.4, 0.5) is 0 Å². The molecule has 3 rings (SSSR count). The van der Waals surface area contributed by atoms with Crippen LogP contribution in [0, 0.1) is 0 Å². The number of methoxy groups -OCH3 is 1. The van der Waals surface area contributed by atoms with Crippen LogP contribution in [0.3, 0.4) is 0 Å². The zero-order valence-electron chi connectivity index (χ0n) is 14.9. The molecule has 0 bridgehead atoms. The molecule has 1 unspecified atom stereocenters. The molecule has 1 atom stereocenters. The fourth-order valence-electron chi connectivity index (χ4n) is 2.50. The second-order valence-electron chi connectivity index (χ2n) is 5.88. The molecule has 27 heavy (non-hydrogen) atoms. The average molecular weight is 403 g/mol. The van der Waals surface area contributed by atoms with Gasteiger partial charge in [-0.1, -0.05) is 23.7 Å². The molecule has 0 radical (unpaired) electrons. The number of carbonyl (C=O) groups excluding carboxylic acids is 1. The summed E-state index contributed by atoms with van der Waals surface area (Å²) in [5.74, 6) is 0.867. The molecule has 0 saturated heterocycles. The number of halogens is 1. The molecule has 0 spiro atoms. The van der Waals surface area contributed by atoms with Gasteiger partial charge in [-0.2, -0.15) is 0 Å². The van der Waals surface area contributed by atoms with Gasteiger partial charge in [-0.3, -0.25) is 4.79 Å². The van der Waals surface area contributed by atoms with Crippen LogP contribution in [0.1, 0.15) is 34.6 Å². The van der Waals surface area contributed by atoms with Crippen LogP contribution >= 0.6 is 22.9 Å². The van der Waals surface area contributed by atoms with Crippen LogP contribution in [0.2, 0.25) is 5.02 Å². The minimum atomic E-state index is -0.193. The summed E-state index contributed by atoms with van der Waals surface area (Å²) < 4.78 is 11.1. The van der Waals surface area contributed by atoms with Gasteiger partial charge in [0.05, 0.1) is 24.4 Å². The van der Waals surface area contributed by atoms with Crippen molar-refractivity contribution in [1.82, 2.24) is 10.3 Å². The Morgan fingerprint density at radius 2 is 2.00 bits per heavy atom. The lowest BCUT2D eigenvalue weighted by atomic mass is 10.1. The zero-order chi connectivity index (χ0) is 19.2. The van der Waals surface area contributed by atoms with Crippen molar-refractivity contribution < 1.29 is 14.3 Å². The van der Waals surface area contributed by atoms with Crippen molar-refractivity contribution in [3.8, 4) is 11.5 Å². The van der Waals surface area contributed by atoms with Crippen molar-refractivity contribution >= 4 is 28.8 Å². The predicted octanol–water partition coefficient (Wildman–Crippen LogP) is 4.88. The molecular formula is C20H19ClN2O3S. The number of aromatic nitrogens is 1. The summed E-state index contributed by atoms with van der Waals surface area (Å²) in [7, 11) is 1.54. The maximum atomic E-state index is 12.6. The molecule has 0 fully saturated rings. The molecule has 7 heteroatoms. The zero-order valence-corrected chi connectivity index (χ0v) is 16.5. The lowest BCUT2D eigenvalue weighted by molar-refractivity contribution is 0.0939. The lowest BCUT2D eigenvalue weighted by Gasteiger charge is -2.16. The fraction of sp³-hybridized carbons (Fsp3) is 0.200. The number of hydrogen-bond donors (Lipinski definition) is 1. The van der Waals surface area contributed by atoms with Crippen molar-refractivity contribution in [3.63, 3.8) is 0 Å². The van der Waals surface area contributed by atoms with Gasteiger partial charge in [-0.25, -0.2) is 4.98 Å². The average Bonchev–Trinajstić information content (AvgIpc) is 3.20. The summed E-state index contributed by atoms with van der Waals surface area (Å²) in [6, 6.07) is 12.3. The molecule has 0 saturated carbocycles. The molecule has 0 aliphatic rings. The summed E-state index contributed by atoms with van der Waals surface area (Å²) in [6.45, 7) is 2.27. The molecule has 3 aromatic rings. The van der Waals surface area contributed by atoms with Gasteiger partial charge in [0.25, 0.3) is 5.91 Å². The van der Waals surface area contributed by atoms with E-state index in [0.29, 0.717) is 28.7 Å². The third-order valence-electron chi connectivity index (χ3n) is 4.00. The second-order valence-corrected chi connectivity index (χ2v) is 7.04. The highest BCUT2D eigenvalue weighted by Gasteiger charge is 2.14. The summed E-state index contributed by atoms with van der Waals surface area (Å²) in [5, 5.41) is 5.56. The van der Waals surface area contributed by atoms with E-state index >= 15 is 0 Å².